The van der Waals surface area contributed by atoms with Crippen molar-refractivity contribution in [2.45, 2.75) is 44.6 Å². The molecular weight excluding hydrogens is 444 g/mol. The van der Waals surface area contributed by atoms with Crippen molar-refractivity contribution < 1.29 is 27.5 Å². The molecule has 1 unspecified atom stereocenters. The third kappa shape index (κ3) is 5.85. The molecule has 0 aliphatic carbocycles. The molecule has 0 bridgehead atoms. The molecule has 8 nitrogen and oxygen atoms in total. The average Bonchev–Trinajstić information content (AvgIpc) is 2.79. The normalized spacial score (nSPS) is 16.1. The SMILES string of the molecule is CC(=O)c1ccccc1NC(=O)C(C)OC(=O)c1ccc(S(=O)(=O)N2CCC(C)CC2)cc1. The number of benzene rings is 2. The molecule has 0 saturated carbocycles. The van der Waals surface area contributed by atoms with Gasteiger partial charge in [-0.25, -0.2) is 13.2 Å². The molecule has 3 rings (SSSR count). The number of esters is 1. The van der Waals surface area contributed by atoms with Gasteiger partial charge in [0.1, 0.15) is 0 Å². The number of Topliss-reactive ketones (excluding diaryl/α,β-unsaturated/α-hetero) is 1. The summed E-state index contributed by atoms with van der Waals surface area (Å²) in [4.78, 5) is 36.7. The van der Waals surface area contributed by atoms with Crippen LogP contribution in [0.4, 0.5) is 5.69 Å². The van der Waals surface area contributed by atoms with E-state index in [1.807, 2.05) is 0 Å². The average molecular weight is 473 g/mol. The smallest absolute Gasteiger partial charge is 0.338 e. The fourth-order valence-electron chi connectivity index (χ4n) is 3.55. The minimum Gasteiger partial charge on any atom is -0.449 e. The third-order valence-corrected chi connectivity index (χ3v) is 7.60. The van der Waals surface area contributed by atoms with Crippen LogP contribution in [0, 0.1) is 5.92 Å². The van der Waals surface area contributed by atoms with Gasteiger partial charge in [-0.2, -0.15) is 4.31 Å². The number of ether oxygens (including phenoxy) is 1. The lowest BCUT2D eigenvalue weighted by Crippen LogP contribution is -2.37. The molecule has 33 heavy (non-hydrogen) atoms. The van der Waals surface area contributed by atoms with Gasteiger partial charge in [0.15, 0.2) is 11.9 Å². The summed E-state index contributed by atoms with van der Waals surface area (Å²) in [6.07, 6.45) is 0.511. The highest BCUT2D eigenvalue weighted by Gasteiger charge is 2.28. The predicted octanol–water partition coefficient (Wildman–Crippen LogP) is 3.49. The summed E-state index contributed by atoms with van der Waals surface area (Å²) in [7, 11) is -3.62. The number of anilines is 1. The Kier molecular flexibility index (Phi) is 7.65. The van der Waals surface area contributed by atoms with E-state index >= 15 is 0 Å². The van der Waals surface area contributed by atoms with Crippen LogP contribution in [-0.2, 0) is 19.6 Å². The molecular formula is C24H28N2O6S. The highest BCUT2D eigenvalue weighted by Crippen LogP contribution is 2.24. The van der Waals surface area contributed by atoms with E-state index in [1.165, 1.54) is 42.4 Å². The fraction of sp³-hybridized carbons (Fsp3) is 0.375. The van der Waals surface area contributed by atoms with Gasteiger partial charge in [-0.15, -0.1) is 0 Å². The van der Waals surface area contributed by atoms with Crippen molar-refractivity contribution in [3.8, 4) is 0 Å². The van der Waals surface area contributed by atoms with Crippen molar-refractivity contribution in [1.82, 2.24) is 4.31 Å². The third-order valence-electron chi connectivity index (χ3n) is 5.69. The van der Waals surface area contributed by atoms with Crippen LogP contribution in [0.5, 0.6) is 0 Å². The van der Waals surface area contributed by atoms with Crippen LogP contribution in [0.15, 0.2) is 53.4 Å². The molecule has 1 N–H and O–H groups in total. The molecule has 1 atom stereocenters. The molecule has 0 aromatic heterocycles. The zero-order chi connectivity index (χ0) is 24.2. The molecule has 9 heteroatoms. The van der Waals surface area contributed by atoms with Gasteiger partial charge in [0.2, 0.25) is 10.0 Å². The van der Waals surface area contributed by atoms with E-state index in [9.17, 15) is 22.8 Å². The first kappa shape index (κ1) is 24.6. The van der Waals surface area contributed by atoms with Crippen LogP contribution in [-0.4, -0.2) is 49.6 Å². The molecule has 1 aliphatic heterocycles. The number of piperidine rings is 1. The first-order valence-corrected chi connectivity index (χ1v) is 12.3. The number of carbonyl (C=O) groups is 3. The second-order valence-corrected chi connectivity index (χ2v) is 10.2. The number of amides is 1. The van der Waals surface area contributed by atoms with E-state index in [1.54, 1.807) is 24.3 Å². The predicted molar refractivity (Wildman–Crippen MR) is 124 cm³/mol. The van der Waals surface area contributed by atoms with Gasteiger partial charge >= 0.3 is 5.97 Å². The number of para-hydroxylation sites is 1. The summed E-state index contributed by atoms with van der Waals surface area (Å²) in [6, 6.07) is 12.0. The first-order valence-electron chi connectivity index (χ1n) is 10.8. The van der Waals surface area contributed by atoms with E-state index in [-0.39, 0.29) is 16.2 Å². The van der Waals surface area contributed by atoms with Gasteiger partial charge in [-0.3, -0.25) is 9.59 Å². The zero-order valence-electron chi connectivity index (χ0n) is 18.9. The molecule has 176 valence electrons. The molecule has 1 saturated heterocycles. The Labute approximate surface area is 194 Å². The molecule has 0 radical (unpaired) electrons. The van der Waals surface area contributed by atoms with Crippen molar-refractivity contribution in [3.05, 3.63) is 59.7 Å². The largest absolute Gasteiger partial charge is 0.449 e. The summed E-state index contributed by atoms with van der Waals surface area (Å²) >= 11 is 0. The number of nitrogens with zero attached hydrogens (tertiary/aromatic N) is 1. The molecule has 1 fully saturated rings. The van der Waals surface area contributed by atoms with Crippen LogP contribution < -0.4 is 5.32 Å². The lowest BCUT2D eigenvalue weighted by atomic mass is 10.0. The van der Waals surface area contributed by atoms with Gasteiger partial charge in [-0.1, -0.05) is 19.1 Å². The van der Waals surface area contributed by atoms with Crippen molar-refractivity contribution in [2.75, 3.05) is 18.4 Å². The van der Waals surface area contributed by atoms with Crippen LogP contribution in [0.1, 0.15) is 54.3 Å². The van der Waals surface area contributed by atoms with Gasteiger partial charge in [0, 0.05) is 18.7 Å². The second kappa shape index (κ2) is 10.3. The van der Waals surface area contributed by atoms with Gasteiger partial charge in [0.05, 0.1) is 16.1 Å². The van der Waals surface area contributed by atoms with Gasteiger partial charge in [0.25, 0.3) is 5.91 Å². The zero-order valence-corrected chi connectivity index (χ0v) is 19.7. The number of sulfonamides is 1. The molecule has 1 aliphatic rings. The Hall–Kier alpha value is -3.04. The topological polar surface area (TPSA) is 110 Å². The number of ketones is 1. The maximum atomic E-state index is 12.8. The highest BCUT2D eigenvalue weighted by atomic mass is 32.2. The molecule has 0 spiro atoms. The van der Waals surface area contributed by atoms with E-state index in [0.717, 1.165) is 12.8 Å². The Bertz CT molecular complexity index is 1140. The summed E-state index contributed by atoms with van der Waals surface area (Å²) < 4.78 is 32.3. The fourth-order valence-corrected chi connectivity index (χ4v) is 5.02. The minimum atomic E-state index is -3.62. The number of hydrogen-bond donors (Lipinski definition) is 1. The standard InChI is InChI=1S/C24H28N2O6S/c1-16-12-14-26(15-13-16)33(30,31)20-10-8-19(9-11-20)24(29)32-18(3)23(28)25-22-7-5-4-6-21(22)17(2)27/h4-11,16,18H,12-15H2,1-3H3,(H,25,28). The number of nitrogens with one attached hydrogen (secondary N) is 1. The lowest BCUT2D eigenvalue weighted by molar-refractivity contribution is -0.123. The molecule has 1 heterocycles. The van der Waals surface area contributed by atoms with Crippen LogP contribution in [0.25, 0.3) is 0 Å². The summed E-state index contributed by atoms with van der Waals surface area (Å²) in [6.45, 7) is 5.87. The molecule has 2 aromatic carbocycles. The Morgan fingerprint density at radius 3 is 2.24 bits per heavy atom. The van der Waals surface area contributed by atoms with Crippen LogP contribution in [0.2, 0.25) is 0 Å². The summed E-state index contributed by atoms with van der Waals surface area (Å²) in [5.74, 6) is -1.04. The Balaban J connectivity index is 1.63. The maximum absolute atomic E-state index is 12.8. The minimum absolute atomic E-state index is 0.111. The van der Waals surface area contributed by atoms with Crippen LogP contribution >= 0.6 is 0 Å². The van der Waals surface area contributed by atoms with Gasteiger partial charge in [-0.05, 0) is 69.0 Å². The molecule has 2 aromatic rings. The van der Waals surface area contributed by atoms with Gasteiger partial charge < -0.3 is 10.1 Å². The van der Waals surface area contributed by atoms with E-state index < -0.39 is 28.0 Å². The first-order chi connectivity index (χ1) is 15.6. The number of hydrogen-bond acceptors (Lipinski definition) is 6. The van der Waals surface area contributed by atoms with Crippen molar-refractivity contribution >= 4 is 33.4 Å². The highest BCUT2D eigenvalue weighted by molar-refractivity contribution is 7.89. The molecule has 1 amide bonds. The second-order valence-electron chi connectivity index (χ2n) is 8.25. The van der Waals surface area contributed by atoms with Crippen molar-refractivity contribution in [3.63, 3.8) is 0 Å². The van der Waals surface area contributed by atoms with Crippen molar-refractivity contribution in [1.29, 1.82) is 0 Å². The summed E-state index contributed by atoms with van der Waals surface area (Å²) in [5, 5.41) is 2.60. The van der Waals surface area contributed by atoms with Crippen molar-refractivity contribution in [2.24, 2.45) is 5.92 Å². The number of carbonyl (C=O) groups excluding carboxylic acids is 3. The lowest BCUT2D eigenvalue weighted by Gasteiger charge is -2.29. The van der Waals surface area contributed by atoms with E-state index in [2.05, 4.69) is 12.2 Å². The monoisotopic (exact) mass is 472 g/mol. The van der Waals surface area contributed by atoms with E-state index in [4.69, 9.17) is 4.74 Å². The Morgan fingerprint density at radius 1 is 1.03 bits per heavy atom. The number of rotatable bonds is 7. The quantitative estimate of drug-likeness (QED) is 0.488. The summed E-state index contributed by atoms with van der Waals surface area (Å²) in [5.41, 5.74) is 0.814. The Morgan fingerprint density at radius 2 is 1.64 bits per heavy atom. The van der Waals surface area contributed by atoms with Crippen LogP contribution in [0.3, 0.4) is 0 Å². The maximum Gasteiger partial charge on any atom is 0.338 e. The van der Waals surface area contributed by atoms with E-state index in [0.29, 0.717) is 30.3 Å².